The number of benzene rings is 2. The maximum absolute atomic E-state index is 11.7. The number of carboxylic acids is 1. The van der Waals surface area contributed by atoms with E-state index >= 15 is 0 Å². The molecule has 0 amide bonds. The molecule has 0 saturated carbocycles. The van der Waals surface area contributed by atoms with Gasteiger partial charge in [-0.15, -0.1) is 0 Å². The van der Waals surface area contributed by atoms with Crippen LogP contribution in [0.4, 0.5) is 28.7 Å². The molecule has 3 aromatic rings. The van der Waals surface area contributed by atoms with Crippen molar-refractivity contribution < 1.29 is 14.8 Å². The highest BCUT2D eigenvalue weighted by Crippen LogP contribution is 2.35. The highest BCUT2D eigenvalue weighted by atomic mass is 16.6. The summed E-state index contributed by atoms with van der Waals surface area (Å²) < 4.78 is 0. The molecule has 9 nitrogen and oxygen atoms in total. The number of carboxylic acid groups (broad SMARTS) is 1. The lowest BCUT2D eigenvalue weighted by Crippen LogP contribution is -2.15. The van der Waals surface area contributed by atoms with Crippen molar-refractivity contribution in [1.29, 1.82) is 0 Å². The van der Waals surface area contributed by atoms with Crippen LogP contribution in [0.5, 0.6) is 0 Å². The summed E-state index contributed by atoms with van der Waals surface area (Å²) >= 11 is 0. The van der Waals surface area contributed by atoms with E-state index in [1.54, 1.807) is 11.9 Å². The second kappa shape index (κ2) is 7.48. The predicted molar refractivity (Wildman–Crippen MR) is 99.9 cm³/mol. The Bertz CT molecular complexity index is 977. The van der Waals surface area contributed by atoms with Gasteiger partial charge in [0.2, 0.25) is 11.6 Å². The van der Waals surface area contributed by atoms with E-state index in [0.29, 0.717) is 5.69 Å². The van der Waals surface area contributed by atoms with Crippen molar-refractivity contribution in [1.82, 2.24) is 9.97 Å². The SMILES string of the molecule is CN(c1ccccc1)c1ncnc(Nc2ccc(C(=O)O)cc2)c1[N+](=O)[O-]. The van der Waals surface area contributed by atoms with Gasteiger partial charge in [-0.3, -0.25) is 10.1 Å². The quantitative estimate of drug-likeness (QED) is 0.502. The molecule has 0 aliphatic heterocycles. The number of para-hydroxylation sites is 1. The third-order valence-electron chi connectivity index (χ3n) is 3.84. The van der Waals surface area contributed by atoms with E-state index in [2.05, 4.69) is 15.3 Å². The largest absolute Gasteiger partial charge is 0.478 e. The van der Waals surface area contributed by atoms with Crippen LogP contribution in [0.3, 0.4) is 0 Å². The standard InChI is InChI=1S/C18H15N5O4/c1-22(14-5-3-2-4-6-14)17-15(23(26)27)16(19-11-20-17)21-13-9-7-12(8-10-13)18(24)25/h2-11H,1H3,(H,24,25)(H,19,20,21). The molecule has 0 atom stereocenters. The number of carbonyl (C=O) groups is 1. The number of aromatic carboxylic acids is 1. The van der Waals surface area contributed by atoms with Crippen LogP contribution in [0.1, 0.15) is 10.4 Å². The Morgan fingerprint density at radius 3 is 2.37 bits per heavy atom. The number of rotatable bonds is 6. The minimum atomic E-state index is -1.05. The first-order valence-electron chi connectivity index (χ1n) is 7.86. The maximum atomic E-state index is 11.7. The van der Waals surface area contributed by atoms with Gasteiger partial charge in [0.15, 0.2) is 0 Å². The number of hydrogen-bond acceptors (Lipinski definition) is 7. The van der Waals surface area contributed by atoms with Crippen molar-refractivity contribution in [3.05, 3.63) is 76.6 Å². The molecule has 3 rings (SSSR count). The Morgan fingerprint density at radius 2 is 1.78 bits per heavy atom. The second-order valence-corrected chi connectivity index (χ2v) is 5.55. The summed E-state index contributed by atoms with van der Waals surface area (Å²) in [4.78, 5) is 31.7. The number of nitrogens with zero attached hydrogens (tertiary/aromatic N) is 4. The first kappa shape index (κ1) is 17.8. The minimum Gasteiger partial charge on any atom is -0.478 e. The van der Waals surface area contributed by atoms with Gasteiger partial charge >= 0.3 is 11.7 Å². The molecular weight excluding hydrogens is 350 g/mol. The van der Waals surface area contributed by atoms with E-state index in [0.717, 1.165) is 5.69 Å². The molecule has 0 aliphatic rings. The van der Waals surface area contributed by atoms with Crippen LogP contribution in [0.25, 0.3) is 0 Å². The molecule has 27 heavy (non-hydrogen) atoms. The van der Waals surface area contributed by atoms with E-state index in [1.807, 2.05) is 30.3 Å². The molecule has 2 aromatic carbocycles. The lowest BCUT2D eigenvalue weighted by Gasteiger charge is -2.18. The summed E-state index contributed by atoms with van der Waals surface area (Å²) in [6.45, 7) is 0. The highest BCUT2D eigenvalue weighted by molar-refractivity contribution is 5.88. The molecule has 0 spiro atoms. The molecular formula is C18H15N5O4. The fraction of sp³-hybridized carbons (Fsp3) is 0.0556. The summed E-state index contributed by atoms with van der Waals surface area (Å²) in [6, 6.07) is 14.9. The average molecular weight is 365 g/mol. The van der Waals surface area contributed by atoms with Crippen LogP contribution >= 0.6 is 0 Å². The number of nitro groups is 1. The lowest BCUT2D eigenvalue weighted by atomic mass is 10.2. The summed E-state index contributed by atoms with van der Waals surface area (Å²) in [5.74, 6) is -0.914. The van der Waals surface area contributed by atoms with Crippen molar-refractivity contribution >= 4 is 34.7 Å². The number of hydrogen-bond donors (Lipinski definition) is 2. The van der Waals surface area contributed by atoms with E-state index in [9.17, 15) is 14.9 Å². The molecule has 0 bridgehead atoms. The van der Waals surface area contributed by atoms with Gasteiger partial charge in [0.25, 0.3) is 0 Å². The highest BCUT2D eigenvalue weighted by Gasteiger charge is 2.26. The monoisotopic (exact) mass is 365 g/mol. The van der Waals surface area contributed by atoms with Gasteiger partial charge < -0.3 is 15.3 Å². The van der Waals surface area contributed by atoms with Gasteiger partial charge in [0.05, 0.1) is 10.5 Å². The summed E-state index contributed by atoms with van der Waals surface area (Å²) in [6.07, 6.45) is 1.23. The van der Waals surface area contributed by atoms with Crippen LogP contribution in [-0.4, -0.2) is 33.0 Å². The number of anilines is 4. The molecule has 0 fully saturated rings. The molecule has 0 saturated heterocycles. The van der Waals surface area contributed by atoms with E-state index in [-0.39, 0.29) is 22.9 Å². The molecule has 1 heterocycles. The van der Waals surface area contributed by atoms with Gasteiger partial charge in [0, 0.05) is 18.4 Å². The number of aromatic nitrogens is 2. The van der Waals surface area contributed by atoms with Crippen molar-refractivity contribution in [3.8, 4) is 0 Å². The smallest absolute Gasteiger partial charge is 0.354 e. The normalized spacial score (nSPS) is 10.3. The van der Waals surface area contributed by atoms with E-state index in [4.69, 9.17) is 5.11 Å². The van der Waals surface area contributed by atoms with Crippen molar-refractivity contribution in [2.24, 2.45) is 0 Å². The molecule has 0 radical (unpaired) electrons. The Labute approximate surface area is 154 Å². The van der Waals surface area contributed by atoms with Crippen molar-refractivity contribution in [3.63, 3.8) is 0 Å². The molecule has 0 aliphatic carbocycles. The van der Waals surface area contributed by atoms with Crippen LogP contribution < -0.4 is 10.2 Å². The Morgan fingerprint density at radius 1 is 1.11 bits per heavy atom. The predicted octanol–water partition coefficient (Wildman–Crippen LogP) is 3.59. The maximum Gasteiger partial charge on any atom is 0.354 e. The van der Waals surface area contributed by atoms with Crippen LogP contribution in [0.15, 0.2) is 60.9 Å². The third kappa shape index (κ3) is 3.82. The number of nitrogens with one attached hydrogen (secondary N) is 1. The van der Waals surface area contributed by atoms with Gasteiger partial charge in [-0.25, -0.2) is 14.8 Å². The summed E-state index contributed by atoms with van der Waals surface area (Å²) in [7, 11) is 1.68. The zero-order valence-corrected chi connectivity index (χ0v) is 14.2. The molecule has 0 unspecified atom stereocenters. The van der Waals surface area contributed by atoms with Crippen LogP contribution in [-0.2, 0) is 0 Å². The van der Waals surface area contributed by atoms with E-state index in [1.165, 1.54) is 30.6 Å². The van der Waals surface area contributed by atoms with Gasteiger partial charge in [-0.05, 0) is 36.4 Å². The fourth-order valence-electron chi connectivity index (χ4n) is 2.48. The van der Waals surface area contributed by atoms with Crippen LogP contribution in [0.2, 0.25) is 0 Å². The van der Waals surface area contributed by atoms with Crippen LogP contribution in [0, 0.1) is 10.1 Å². The Hall–Kier alpha value is -4.01. The second-order valence-electron chi connectivity index (χ2n) is 5.55. The summed E-state index contributed by atoms with van der Waals surface area (Å²) in [5, 5.41) is 23.5. The van der Waals surface area contributed by atoms with E-state index < -0.39 is 10.9 Å². The first-order chi connectivity index (χ1) is 13.0. The van der Waals surface area contributed by atoms with Gasteiger partial charge in [0.1, 0.15) is 6.33 Å². The molecule has 1 aromatic heterocycles. The minimum absolute atomic E-state index is 0.0101. The Kier molecular flexibility index (Phi) is 4.93. The zero-order valence-electron chi connectivity index (χ0n) is 14.2. The van der Waals surface area contributed by atoms with Crippen molar-refractivity contribution in [2.45, 2.75) is 0 Å². The topological polar surface area (TPSA) is 121 Å². The van der Waals surface area contributed by atoms with Crippen molar-refractivity contribution in [2.75, 3.05) is 17.3 Å². The molecule has 9 heteroatoms. The fourth-order valence-corrected chi connectivity index (χ4v) is 2.48. The van der Waals surface area contributed by atoms with Gasteiger partial charge in [-0.2, -0.15) is 0 Å². The molecule has 2 N–H and O–H groups in total. The molecule has 136 valence electrons. The first-order valence-corrected chi connectivity index (χ1v) is 7.86. The van der Waals surface area contributed by atoms with Gasteiger partial charge in [-0.1, -0.05) is 18.2 Å². The average Bonchev–Trinajstić information content (AvgIpc) is 2.68. The third-order valence-corrected chi connectivity index (χ3v) is 3.84. The lowest BCUT2D eigenvalue weighted by molar-refractivity contribution is -0.383. The zero-order chi connectivity index (χ0) is 19.4. The Balaban J connectivity index is 1.98. The summed E-state index contributed by atoms with van der Waals surface area (Å²) in [5.41, 5.74) is 1.03.